The number of alkyl halides is 3. The number of nitrogens with zero attached hydrogens (tertiary/aromatic N) is 1. The van der Waals surface area contributed by atoms with E-state index in [0.717, 1.165) is 0 Å². The zero-order valence-electron chi connectivity index (χ0n) is 8.60. The van der Waals surface area contributed by atoms with Gasteiger partial charge in [-0.1, -0.05) is 6.92 Å². The van der Waals surface area contributed by atoms with Gasteiger partial charge in [0.15, 0.2) is 0 Å². The average molecular weight is 229 g/mol. The Hall–Kier alpha value is -0.390. The van der Waals surface area contributed by atoms with Crippen LogP contribution in [-0.4, -0.2) is 20.8 Å². The van der Waals surface area contributed by atoms with E-state index < -0.39 is 27.6 Å². The van der Waals surface area contributed by atoms with Gasteiger partial charge in [0.05, 0.1) is 4.75 Å². The first-order valence-corrected chi connectivity index (χ1v) is 5.26. The van der Waals surface area contributed by atoms with Crippen molar-refractivity contribution >= 4 is 16.7 Å². The Morgan fingerprint density at radius 2 is 1.71 bits per heavy atom. The van der Waals surface area contributed by atoms with E-state index in [4.69, 9.17) is 0 Å². The van der Waals surface area contributed by atoms with Gasteiger partial charge in [0.25, 0.3) is 0 Å². The number of hydrogen-bond donors (Lipinski definition) is 0. The molecule has 0 aliphatic heterocycles. The van der Waals surface area contributed by atoms with Crippen LogP contribution in [0.25, 0.3) is 0 Å². The fourth-order valence-electron chi connectivity index (χ4n) is 0.554. The lowest BCUT2D eigenvalue weighted by molar-refractivity contribution is -0.0600. The van der Waals surface area contributed by atoms with Crippen LogP contribution < -0.4 is 0 Å². The zero-order chi connectivity index (χ0) is 11.6. The van der Waals surface area contributed by atoms with Gasteiger partial charge in [0.2, 0.25) is 0 Å². The quantitative estimate of drug-likeness (QED) is 0.669. The largest absolute Gasteiger partial charge is 0.430 e. The lowest BCUT2D eigenvalue weighted by Crippen LogP contribution is -2.26. The molecule has 14 heavy (non-hydrogen) atoms. The Morgan fingerprint density at radius 1 is 1.29 bits per heavy atom. The molecule has 6 heteroatoms. The van der Waals surface area contributed by atoms with Crippen molar-refractivity contribution in [3.63, 3.8) is 0 Å². The molecule has 0 saturated carbocycles. The number of rotatable bonds is 2. The van der Waals surface area contributed by atoms with Crippen molar-refractivity contribution in [1.29, 1.82) is 0 Å². The molecule has 0 fully saturated rings. The van der Waals surface area contributed by atoms with Gasteiger partial charge >= 0.3 is 6.18 Å². The lowest BCUT2D eigenvalue weighted by Gasteiger charge is -2.15. The minimum Gasteiger partial charge on any atom is -0.234 e. The van der Waals surface area contributed by atoms with Crippen molar-refractivity contribution in [3.05, 3.63) is 0 Å². The Bertz CT molecular complexity index is 252. The van der Waals surface area contributed by atoms with Crippen molar-refractivity contribution in [2.45, 2.75) is 45.0 Å². The van der Waals surface area contributed by atoms with Crippen molar-refractivity contribution in [1.82, 2.24) is 0 Å². The van der Waals surface area contributed by atoms with Gasteiger partial charge in [0, 0.05) is 0 Å². The normalized spacial score (nSPS) is 16.9. The molecular weight excluding hydrogens is 215 g/mol. The maximum Gasteiger partial charge on any atom is 0.430 e. The highest BCUT2D eigenvalue weighted by atomic mass is 32.2. The molecule has 0 rings (SSSR count). The molecule has 0 aromatic heterocycles. The molecule has 1 atom stereocenters. The van der Waals surface area contributed by atoms with Crippen molar-refractivity contribution in [2.75, 3.05) is 0 Å². The third kappa shape index (κ3) is 4.21. The molecule has 0 saturated heterocycles. The number of hydrogen-bond acceptors (Lipinski definition) is 1. The summed E-state index contributed by atoms with van der Waals surface area (Å²) in [5.41, 5.74) is -0.967. The minimum absolute atomic E-state index is 0.259. The molecule has 0 aliphatic carbocycles. The van der Waals surface area contributed by atoms with Gasteiger partial charge in [-0.25, -0.2) is 4.21 Å². The topological polar surface area (TPSA) is 29.4 Å². The predicted octanol–water partition coefficient (Wildman–Crippen LogP) is 2.86. The summed E-state index contributed by atoms with van der Waals surface area (Å²) >= 11 is 0. The van der Waals surface area contributed by atoms with Gasteiger partial charge in [-0.3, -0.25) is 0 Å². The Labute approximate surface area is 84.2 Å². The molecule has 0 amide bonds. The van der Waals surface area contributed by atoms with E-state index in [0.29, 0.717) is 0 Å². The van der Waals surface area contributed by atoms with Gasteiger partial charge in [-0.15, -0.1) is 0 Å². The highest BCUT2D eigenvalue weighted by molar-refractivity contribution is 7.85. The molecule has 0 radical (unpaired) electrons. The summed E-state index contributed by atoms with van der Waals surface area (Å²) in [7, 11) is -1.85. The van der Waals surface area contributed by atoms with Crippen LogP contribution in [0.2, 0.25) is 0 Å². The second kappa shape index (κ2) is 4.42. The Balaban J connectivity index is 4.89. The predicted molar refractivity (Wildman–Crippen MR) is 51.7 cm³/mol. The van der Waals surface area contributed by atoms with E-state index in [1.165, 1.54) is 6.92 Å². The molecule has 0 heterocycles. The summed E-state index contributed by atoms with van der Waals surface area (Å²) in [6, 6.07) is 0. The summed E-state index contributed by atoms with van der Waals surface area (Å²) in [6.07, 6.45) is -4.74. The second-order valence-electron chi connectivity index (χ2n) is 3.75. The van der Waals surface area contributed by atoms with E-state index in [2.05, 4.69) is 4.40 Å². The van der Waals surface area contributed by atoms with Gasteiger partial charge in [-0.2, -0.15) is 17.6 Å². The van der Waals surface area contributed by atoms with Crippen LogP contribution in [0.15, 0.2) is 4.40 Å². The Kier molecular flexibility index (Phi) is 4.30. The molecule has 1 unspecified atom stereocenters. The first kappa shape index (κ1) is 13.6. The minimum atomic E-state index is -4.48. The van der Waals surface area contributed by atoms with Crippen LogP contribution in [0.1, 0.15) is 34.1 Å². The number of halogens is 3. The smallest absolute Gasteiger partial charge is 0.234 e. The van der Waals surface area contributed by atoms with Gasteiger partial charge in [-0.05, 0) is 27.2 Å². The molecule has 0 bridgehead atoms. The molecular formula is C8H14F3NOS. The van der Waals surface area contributed by atoms with E-state index >= 15 is 0 Å². The maximum absolute atomic E-state index is 12.2. The van der Waals surface area contributed by atoms with Crippen LogP contribution in [-0.2, 0) is 11.0 Å². The van der Waals surface area contributed by atoms with Gasteiger partial charge < -0.3 is 0 Å². The standard InChI is InChI=1S/C8H14F3NOS/c1-5-6(8(9,10)11)12-14(13)7(2,3)4/h5H2,1-4H3/b12-6+. The van der Waals surface area contributed by atoms with E-state index in [1.807, 2.05) is 0 Å². The summed E-state index contributed by atoms with van der Waals surface area (Å²) in [5, 5.41) is 0. The fraction of sp³-hybridized carbons (Fsp3) is 0.875. The highest BCUT2D eigenvalue weighted by Gasteiger charge is 2.35. The van der Waals surface area contributed by atoms with Crippen LogP contribution in [0.5, 0.6) is 0 Å². The SMILES string of the molecule is CC/C(=N\S(=O)C(C)(C)C)C(F)(F)F. The van der Waals surface area contributed by atoms with Crippen LogP contribution >= 0.6 is 0 Å². The monoisotopic (exact) mass is 229 g/mol. The van der Waals surface area contributed by atoms with Crippen LogP contribution in [0, 0.1) is 0 Å². The highest BCUT2D eigenvalue weighted by Crippen LogP contribution is 2.22. The van der Waals surface area contributed by atoms with Crippen LogP contribution in [0.4, 0.5) is 13.2 Å². The Morgan fingerprint density at radius 3 is 1.93 bits per heavy atom. The first-order valence-electron chi connectivity index (χ1n) is 4.15. The average Bonchev–Trinajstić information content (AvgIpc) is 1.95. The van der Waals surface area contributed by atoms with Gasteiger partial charge in [0.1, 0.15) is 16.7 Å². The maximum atomic E-state index is 12.2. The van der Waals surface area contributed by atoms with E-state index in [9.17, 15) is 17.4 Å². The van der Waals surface area contributed by atoms with E-state index in [1.54, 1.807) is 20.8 Å². The molecule has 0 spiro atoms. The molecule has 0 aliphatic rings. The summed E-state index contributed by atoms with van der Waals surface area (Å²) in [6.45, 7) is 6.08. The second-order valence-corrected chi connectivity index (χ2v) is 5.66. The first-order chi connectivity index (χ1) is 6.09. The molecule has 84 valence electrons. The van der Waals surface area contributed by atoms with Crippen LogP contribution in [0.3, 0.4) is 0 Å². The summed E-state index contributed by atoms with van der Waals surface area (Å²) in [5.74, 6) is 0. The summed E-state index contributed by atoms with van der Waals surface area (Å²) < 4.78 is 50.4. The van der Waals surface area contributed by atoms with Crippen molar-refractivity contribution in [3.8, 4) is 0 Å². The molecule has 0 N–H and O–H groups in total. The third-order valence-corrected chi connectivity index (χ3v) is 2.81. The van der Waals surface area contributed by atoms with Crippen molar-refractivity contribution in [2.24, 2.45) is 4.40 Å². The molecule has 0 aromatic carbocycles. The molecule has 2 nitrogen and oxygen atoms in total. The fourth-order valence-corrected chi connectivity index (χ4v) is 1.26. The summed E-state index contributed by atoms with van der Waals surface area (Å²) in [4.78, 5) is 0. The zero-order valence-corrected chi connectivity index (χ0v) is 9.42. The van der Waals surface area contributed by atoms with Crippen molar-refractivity contribution < 1.29 is 17.4 Å². The molecule has 0 aromatic rings. The third-order valence-electron chi connectivity index (χ3n) is 1.38. The van der Waals surface area contributed by atoms with E-state index in [-0.39, 0.29) is 6.42 Å². The lowest BCUT2D eigenvalue weighted by atomic mass is 10.3.